The Morgan fingerprint density at radius 3 is 2.52 bits per heavy atom. The molecule has 1 heterocycles. The highest BCUT2D eigenvalue weighted by Crippen LogP contribution is 2.58. The number of rotatable bonds is 3. The van der Waals surface area contributed by atoms with E-state index in [0.717, 1.165) is 6.42 Å². The predicted octanol–water partition coefficient (Wildman–Crippen LogP) is 3.85. The second-order valence-corrected chi connectivity index (χ2v) is 7.23. The number of carbonyl (C=O) groups excluding carboxylic acids is 2. The normalized spacial score (nSPS) is 23.3. The average molecular weight is 371 g/mol. The third-order valence-corrected chi connectivity index (χ3v) is 5.37. The highest BCUT2D eigenvalue weighted by Gasteiger charge is 2.61. The van der Waals surface area contributed by atoms with Gasteiger partial charge < -0.3 is 15.5 Å². The van der Waals surface area contributed by atoms with Crippen molar-refractivity contribution in [1.29, 1.82) is 0 Å². The van der Waals surface area contributed by atoms with Crippen LogP contribution in [0.2, 0.25) is 0 Å². The van der Waals surface area contributed by atoms with Crippen LogP contribution in [0.5, 0.6) is 0 Å². The van der Waals surface area contributed by atoms with Gasteiger partial charge in [0.15, 0.2) is 0 Å². The molecule has 1 spiro atoms. The highest BCUT2D eigenvalue weighted by molar-refractivity contribution is 5.95. The maximum absolute atomic E-state index is 13.2. The lowest BCUT2D eigenvalue weighted by atomic mass is 10.0. The van der Waals surface area contributed by atoms with Crippen LogP contribution >= 0.6 is 0 Å². The summed E-state index contributed by atoms with van der Waals surface area (Å²) < 4.78 is 26.2. The van der Waals surface area contributed by atoms with Crippen molar-refractivity contribution in [2.45, 2.75) is 12.8 Å². The van der Waals surface area contributed by atoms with Gasteiger partial charge in [0.05, 0.1) is 0 Å². The van der Waals surface area contributed by atoms with E-state index in [-0.39, 0.29) is 29.1 Å². The molecule has 0 bridgehead atoms. The molecule has 1 saturated carbocycles. The monoisotopic (exact) mass is 371 g/mol. The molecular weight excluding hydrogens is 352 g/mol. The van der Waals surface area contributed by atoms with Gasteiger partial charge in [-0.3, -0.25) is 4.79 Å². The molecule has 1 aliphatic heterocycles. The lowest BCUT2D eigenvalue weighted by Gasteiger charge is -2.17. The molecule has 5 nitrogen and oxygen atoms in total. The number of hydrogen-bond donors (Lipinski definition) is 2. The van der Waals surface area contributed by atoms with Gasteiger partial charge >= 0.3 is 6.03 Å². The molecule has 4 rings (SSSR count). The number of carbonyl (C=O) groups is 2. The van der Waals surface area contributed by atoms with Crippen LogP contribution in [0.15, 0.2) is 48.5 Å². The molecule has 1 aliphatic carbocycles. The Bertz CT molecular complexity index is 887. The first-order valence-electron chi connectivity index (χ1n) is 8.83. The summed E-state index contributed by atoms with van der Waals surface area (Å²) in [5, 5.41) is 5.50. The molecule has 1 saturated heterocycles. The molecule has 0 unspecified atom stereocenters. The predicted molar refractivity (Wildman–Crippen MR) is 97.2 cm³/mol. The van der Waals surface area contributed by atoms with Crippen LogP contribution in [0, 0.1) is 23.0 Å². The summed E-state index contributed by atoms with van der Waals surface area (Å²) in [4.78, 5) is 26.5. The molecular formula is C20H19F2N3O2. The average Bonchev–Trinajstić information content (AvgIpc) is 3.17. The van der Waals surface area contributed by atoms with Crippen molar-refractivity contribution in [2.24, 2.45) is 11.3 Å². The van der Waals surface area contributed by atoms with Gasteiger partial charge in [0, 0.05) is 35.8 Å². The standard InChI is InChI=1S/C20H19F2N3O2/c21-13-4-6-15(7-5-13)24-19(27)25-9-8-20(12-25)11-17(20)18(26)23-16-3-1-2-14(22)10-16/h1-7,10,17H,8-9,11-12H2,(H,23,26)(H,24,27)/t17-,20+/m0/s1. The van der Waals surface area contributed by atoms with E-state index in [1.807, 2.05) is 0 Å². The number of benzene rings is 2. The van der Waals surface area contributed by atoms with E-state index in [0.29, 0.717) is 30.9 Å². The summed E-state index contributed by atoms with van der Waals surface area (Å²) in [6.07, 6.45) is 1.47. The van der Waals surface area contributed by atoms with Crippen molar-refractivity contribution in [3.05, 3.63) is 60.2 Å². The Kier molecular flexibility index (Phi) is 4.30. The molecule has 140 valence electrons. The molecule has 0 radical (unpaired) electrons. The van der Waals surface area contributed by atoms with Crippen LogP contribution in [0.25, 0.3) is 0 Å². The third kappa shape index (κ3) is 3.63. The summed E-state index contributed by atoms with van der Waals surface area (Å²) in [5.41, 5.74) is 0.766. The second-order valence-electron chi connectivity index (χ2n) is 7.23. The highest BCUT2D eigenvalue weighted by atomic mass is 19.1. The minimum absolute atomic E-state index is 0.138. The number of halogens is 2. The minimum atomic E-state index is -0.400. The summed E-state index contributed by atoms with van der Waals surface area (Å²) in [5.74, 6) is -1.08. The summed E-state index contributed by atoms with van der Waals surface area (Å²) in [6, 6.07) is 11.1. The number of nitrogens with zero attached hydrogens (tertiary/aromatic N) is 1. The van der Waals surface area contributed by atoms with Crippen molar-refractivity contribution in [3.63, 3.8) is 0 Å². The molecule has 7 heteroatoms. The third-order valence-electron chi connectivity index (χ3n) is 5.37. The first-order chi connectivity index (χ1) is 12.9. The number of hydrogen-bond acceptors (Lipinski definition) is 2. The van der Waals surface area contributed by atoms with E-state index in [2.05, 4.69) is 10.6 Å². The zero-order valence-electron chi connectivity index (χ0n) is 14.5. The van der Waals surface area contributed by atoms with E-state index in [4.69, 9.17) is 0 Å². The Balaban J connectivity index is 1.33. The van der Waals surface area contributed by atoms with Gasteiger partial charge in [-0.15, -0.1) is 0 Å². The smallest absolute Gasteiger partial charge is 0.321 e. The van der Waals surface area contributed by atoms with E-state index < -0.39 is 5.82 Å². The fourth-order valence-corrected chi connectivity index (χ4v) is 3.77. The Hall–Kier alpha value is -2.96. The molecule has 27 heavy (non-hydrogen) atoms. The van der Waals surface area contributed by atoms with E-state index in [9.17, 15) is 18.4 Å². The first kappa shape index (κ1) is 17.5. The van der Waals surface area contributed by atoms with Crippen LogP contribution in [-0.4, -0.2) is 29.9 Å². The first-order valence-corrected chi connectivity index (χ1v) is 8.83. The van der Waals surface area contributed by atoms with E-state index >= 15 is 0 Å². The summed E-state index contributed by atoms with van der Waals surface area (Å²) in [7, 11) is 0. The zero-order valence-corrected chi connectivity index (χ0v) is 14.5. The molecule has 2 aromatic carbocycles. The number of anilines is 2. The van der Waals surface area contributed by atoms with Crippen molar-refractivity contribution < 1.29 is 18.4 Å². The van der Waals surface area contributed by atoms with Crippen LogP contribution < -0.4 is 10.6 Å². The number of nitrogens with one attached hydrogen (secondary N) is 2. The SMILES string of the molecule is O=C(Nc1cccc(F)c1)[C@@H]1C[C@@]12CCN(C(=O)Nc1ccc(F)cc1)C2. The fourth-order valence-electron chi connectivity index (χ4n) is 3.77. The Labute approximate surface area is 155 Å². The lowest BCUT2D eigenvalue weighted by molar-refractivity contribution is -0.118. The van der Waals surface area contributed by atoms with Gasteiger partial charge in [-0.05, 0) is 55.3 Å². The van der Waals surface area contributed by atoms with E-state index in [1.165, 1.54) is 36.4 Å². The molecule has 2 aromatic rings. The van der Waals surface area contributed by atoms with Gasteiger partial charge in [0.25, 0.3) is 0 Å². The topological polar surface area (TPSA) is 61.4 Å². The van der Waals surface area contributed by atoms with E-state index in [1.54, 1.807) is 17.0 Å². The van der Waals surface area contributed by atoms with Crippen molar-refractivity contribution in [2.75, 3.05) is 23.7 Å². The Morgan fingerprint density at radius 1 is 1.00 bits per heavy atom. The minimum Gasteiger partial charge on any atom is -0.326 e. The summed E-state index contributed by atoms with van der Waals surface area (Å²) >= 11 is 0. The van der Waals surface area contributed by atoms with Crippen LogP contribution in [-0.2, 0) is 4.79 Å². The van der Waals surface area contributed by atoms with Gasteiger partial charge in [0.1, 0.15) is 11.6 Å². The zero-order chi connectivity index (χ0) is 19.0. The number of likely N-dealkylation sites (tertiary alicyclic amines) is 1. The number of amides is 3. The quantitative estimate of drug-likeness (QED) is 0.861. The maximum Gasteiger partial charge on any atom is 0.321 e. The van der Waals surface area contributed by atoms with Crippen LogP contribution in [0.3, 0.4) is 0 Å². The Morgan fingerprint density at radius 2 is 1.78 bits per heavy atom. The molecule has 2 fully saturated rings. The second kappa shape index (κ2) is 6.64. The van der Waals surface area contributed by atoms with Crippen LogP contribution in [0.1, 0.15) is 12.8 Å². The maximum atomic E-state index is 13.2. The van der Waals surface area contributed by atoms with Gasteiger partial charge in [-0.1, -0.05) is 6.07 Å². The molecule has 2 atom stereocenters. The molecule has 2 aliphatic rings. The lowest BCUT2D eigenvalue weighted by Crippen LogP contribution is -2.33. The largest absolute Gasteiger partial charge is 0.326 e. The van der Waals surface area contributed by atoms with Crippen LogP contribution in [0.4, 0.5) is 25.0 Å². The van der Waals surface area contributed by atoms with Crippen molar-refractivity contribution >= 4 is 23.3 Å². The fraction of sp³-hybridized carbons (Fsp3) is 0.300. The van der Waals surface area contributed by atoms with Gasteiger partial charge in [-0.25, -0.2) is 13.6 Å². The molecule has 3 amide bonds. The molecule has 0 aromatic heterocycles. The summed E-state index contributed by atoms with van der Waals surface area (Å²) in [6.45, 7) is 1.07. The van der Waals surface area contributed by atoms with Gasteiger partial charge in [0.2, 0.25) is 5.91 Å². The molecule has 2 N–H and O–H groups in total. The number of urea groups is 1. The van der Waals surface area contributed by atoms with Crippen molar-refractivity contribution in [3.8, 4) is 0 Å². The van der Waals surface area contributed by atoms with Gasteiger partial charge in [-0.2, -0.15) is 0 Å². The van der Waals surface area contributed by atoms with Crippen molar-refractivity contribution in [1.82, 2.24) is 4.90 Å².